The summed E-state index contributed by atoms with van der Waals surface area (Å²) in [5.41, 5.74) is 4.80. The molecule has 0 radical (unpaired) electrons. The Kier molecular flexibility index (Phi) is 11.3. The first-order chi connectivity index (χ1) is 24.4. The monoisotopic (exact) mass is 693 g/mol. The van der Waals surface area contributed by atoms with Crippen molar-refractivity contribution in [3.05, 3.63) is 113 Å². The van der Waals surface area contributed by atoms with E-state index >= 15 is 0 Å². The van der Waals surface area contributed by atoms with Crippen molar-refractivity contribution in [2.24, 2.45) is 0 Å². The van der Waals surface area contributed by atoms with Crippen LogP contribution in [0.25, 0.3) is 11.3 Å². The molecule has 264 valence electrons. The predicted molar refractivity (Wildman–Crippen MR) is 194 cm³/mol. The topological polar surface area (TPSA) is 172 Å². The number of fused-ring (bicyclic) bond motifs is 1. The summed E-state index contributed by atoms with van der Waals surface area (Å²) in [4.78, 5) is 54.6. The molecule has 0 bridgehead atoms. The molecule has 13 heteroatoms. The molecule has 0 saturated carbocycles. The number of phenolic OH excluding ortho intramolecular Hbond substituents is 1. The first kappa shape index (κ1) is 36.1. The third kappa shape index (κ3) is 8.71. The molecule has 2 amide bonds. The quantitative estimate of drug-likeness (QED) is 0.101. The number of aromatic carboxylic acids is 1. The Balaban J connectivity index is 0.000000392. The van der Waals surface area contributed by atoms with Crippen LogP contribution in [0, 0.1) is 0 Å². The molecule has 6 rings (SSSR count). The average molecular weight is 694 g/mol. The molecule has 2 aliphatic rings. The second kappa shape index (κ2) is 16.0. The highest BCUT2D eigenvalue weighted by Gasteiger charge is 2.29. The van der Waals surface area contributed by atoms with Crippen LogP contribution in [0.3, 0.4) is 0 Å². The Bertz CT molecular complexity index is 1960. The Morgan fingerprint density at radius 2 is 1.57 bits per heavy atom. The summed E-state index contributed by atoms with van der Waals surface area (Å²) in [5, 5.41) is 32.5. The van der Waals surface area contributed by atoms with E-state index in [9.17, 15) is 19.2 Å². The van der Waals surface area contributed by atoms with Gasteiger partial charge in [0.15, 0.2) is 0 Å². The van der Waals surface area contributed by atoms with Gasteiger partial charge in [-0.15, -0.1) is 0 Å². The van der Waals surface area contributed by atoms with Crippen LogP contribution in [-0.4, -0.2) is 103 Å². The number of amides is 2. The molecule has 4 aromatic carbocycles. The largest absolute Gasteiger partial charge is 0.508 e. The smallest absolute Gasteiger partial charge is 0.339 e. The Morgan fingerprint density at radius 1 is 0.882 bits per heavy atom. The summed E-state index contributed by atoms with van der Waals surface area (Å²) in [6.07, 6.45) is 0. The van der Waals surface area contributed by atoms with Crippen molar-refractivity contribution >= 4 is 52.1 Å². The zero-order valence-electron chi connectivity index (χ0n) is 28.4. The number of methoxy groups -OCH3 is 1. The third-order valence-corrected chi connectivity index (χ3v) is 8.56. The highest BCUT2D eigenvalue weighted by atomic mass is 16.5. The van der Waals surface area contributed by atoms with Crippen molar-refractivity contribution in [1.82, 2.24) is 9.80 Å². The van der Waals surface area contributed by atoms with Crippen molar-refractivity contribution in [3.8, 4) is 11.5 Å². The first-order valence-electron chi connectivity index (χ1n) is 16.1. The van der Waals surface area contributed by atoms with Crippen molar-refractivity contribution in [1.29, 1.82) is 0 Å². The number of aromatic hydroxyl groups is 2. The van der Waals surface area contributed by atoms with Crippen LogP contribution in [0.15, 0.2) is 91.0 Å². The van der Waals surface area contributed by atoms with E-state index in [1.54, 1.807) is 30.1 Å². The minimum absolute atomic E-state index is 0.0444. The number of phenols is 2. The van der Waals surface area contributed by atoms with Crippen LogP contribution in [0.5, 0.6) is 11.5 Å². The van der Waals surface area contributed by atoms with Gasteiger partial charge in [0.2, 0.25) is 5.91 Å². The van der Waals surface area contributed by atoms with E-state index in [0.29, 0.717) is 34.6 Å². The van der Waals surface area contributed by atoms with E-state index in [1.807, 2.05) is 54.6 Å². The number of carboxylic acids is 1. The number of carboxylic acid groups (broad SMARTS) is 1. The first-order valence-corrected chi connectivity index (χ1v) is 16.1. The summed E-state index contributed by atoms with van der Waals surface area (Å²) >= 11 is 0. The van der Waals surface area contributed by atoms with Gasteiger partial charge in [-0.3, -0.25) is 14.5 Å². The maximum absolute atomic E-state index is 13.2. The number of carbonyl (C=O) groups excluding carboxylic acids is 3. The van der Waals surface area contributed by atoms with E-state index in [4.69, 9.17) is 20.1 Å². The number of esters is 1. The number of benzene rings is 4. The number of ether oxygens (including phenoxy) is 1. The summed E-state index contributed by atoms with van der Waals surface area (Å²) in [7, 11) is 5.21. The normalized spacial score (nSPS) is 15.1. The summed E-state index contributed by atoms with van der Waals surface area (Å²) in [6, 6.07) is 25.5. The van der Waals surface area contributed by atoms with E-state index in [-0.39, 0.29) is 28.9 Å². The number of likely N-dealkylation sites (N-methyl/N-ethyl adjacent to an activating group) is 2. The van der Waals surface area contributed by atoms with Crippen LogP contribution in [0.2, 0.25) is 0 Å². The zero-order chi connectivity index (χ0) is 36.7. The molecule has 0 aliphatic carbocycles. The van der Waals surface area contributed by atoms with Gasteiger partial charge in [0, 0.05) is 50.2 Å². The molecular weight excluding hydrogens is 654 g/mol. The molecule has 0 spiro atoms. The lowest BCUT2D eigenvalue weighted by Crippen LogP contribution is -2.48. The van der Waals surface area contributed by atoms with Crippen LogP contribution in [0.1, 0.15) is 31.8 Å². The van der Waals surface area contributed by atoms with Crippen molar-refractivity contribution in [3.63, 3.8) is 0 Å². The molecule has 0 aromatic heterocycles. The Morgan fingerprint density at radius 3 is 2.20 bits per heavy atom. The summed E-state index contributed by atoms with van der Waals surface area (Å²) in [5.74, 6) is -2.49. The number of hydrogen-bond acceptors (Lipinski definition) is 10. The minimum Gasteiger partial charge on any atom is -0.508 e. The highest BCUT2D eigenvalue weighted by molar-refractivity contribution is 6.37. The summed E-state index contributed by atoms with van der Waals surface area (Å²) in [6.45, 7) is 4.09. The average Bonchev–Trinajstić information content (AvgIpc) is 3.47. The Hall–Kier alpha value is -6.18. The third-order valence-electron chi connectivity index (χ3n) is 8.56. The second-order valence-corrected chi connectivity index (χ2v) is 12.0. The van der Waals surface area contributed by atoms with Crippen molar-refractivity contribution < 1.29 is 39.2 Å². The maximum Gasteiger partial charge on any atom is 0.339 e. The molecule has 5 N–H and O–H groups in total. The molecule has 2 heterocycles. The lowest BCUT2D eigenvalue weighted by Gasteiger charge is -2.32. The number of piperazine rings is 1. The molecule has 4 aromatic rings. The molecule has 2 aliphatic heterocycles. The fraction of sp³-hybridized carbons (Fsp3) is 0.211. The van der Waals surface area contributed by atoms with Crippen LogP contribution in [-0.2, 0) is 14.3 Å². The predicted octanol–water partition coefficient (Wildman–Crippen LogP) is 4.41. The highest BCUT2D eigenvalue weighted by Crippen LogP contribution is 2.38. The molecule has 13 nitrogen and oxygen atoms in total. The van der Waals surface area contributed by atoms with E-state index in [2.05, 4.69) is 27.5 Å². The fourth-order valence-corrected chi connectivity index (χ4v) is 5.61. The zero-order valence-corrected chi connectivity index (χ0v) is 28.4. The molecular formula is C38H39N5O8. The number of nitrogens with one attached hydrogen (secondary N) is 2. The Labute approximate surface area is 295 Å². The molecule has 1 saturated heterocycles. The van der Waals surface area contributed by atoms with E-state index < -0.39 is 11.9 Å². The van der Waals surface area contributed by atoms with Gasteiger partial charge in [-0.2, -0.15) is 0 Å². The number of carbonyl (C=O) groups is 4. The fourth-order valence-electron chi connectivity index (χ4n) is 5.61. The van der Waals surface area contributed by atoms with E-state index in [0.717, 1.165) is 55.2 Å². The summed E-state index contributed by atoms with van der Waals surface area (Å²) < 4.78 is 4.82. The van der Waals surface area contributed by atoms with Gasteiger partial charge >= 0.3 is 11.9 Å². The number of hydrogen-bond donors (Lipinski definition) is 5. The molecule has 0 unspecified atom stereocenters. The van der Waals surface area contributed by atoms with Gasteiger partial charge in [0.25, 0.3) is 5.91 Å². The lowest BCUT2D eigenvalue weighted by molar-refractivity contribution is -0.119. The van der Waals surface area contributed by atoms with Crippen molar-refractivity contribution in [2.45, 2.75) is 0 Å². The van der Waals surface area contributed by atoms with Gasteiger partial charge in [0.05, 0.1) is 36.2 Å². The van der Waals surface area contributed by atoms with Crippen LogP contribution >= 0.6 is 0 Å². The van der Waals surface area contributed by atoms with Gasteiger partial charge in [0.1, 0.15) is 17.1 Å². The van der Waals surface area contributed by atoms with Crippen molar-refractivity contribution in [2.75, 3.05) is 69.5 Å². The SMILES string of the molecule is COC(=O)c1ccc2c(c1)NC(=O)C2=C(Nc1ccc(N(C)C(=O)CN2CCN(C)CC2)cc1)c1ccccc1.O=C(O)c1cc(O)ccc1O. The van der Waals surface area contributed by atoms with Crippen LogP contribution in [0.4, 0.5) is 17.1 Å². The number of anilines is 3. The van der Waals surface area contributed by atoms with Gasteiger partial charge in [-0.25, -0.2) is 9.59 Å². The van der Waals surface area contributed by atoms with Gasteiger partial charge < -0.3 is 40.5 Å². The standard InChI is InChI=1S/C31H33N5O4.C7H6O4/c1-34-15-17-36(18-16-34)20-27(37)35(2)24-12-10-23(11-13-24)32-29(21-7-5-4-6-8-21)28-25-14-9-22(31(39)40-3)19-26(25)33-30(28)38;8-4-1-2-6(9)5(3-4)7(10)11/h4-14,19,32H,15-18,20H2,1-3H3,(H,33,38);1-3,8-9H,(H,10,11). The van der Waals surface area contributed by atoms with Crippen LogP contribution < -0.4 is 15.5 Å². The number of nitrogens with zero attached hydrogens (tertiary/aromatic N) is 3. The van der Waals surface area contributed by atoms with Gasteiger partial charge in [-0.1, -0.05) is 36.4 Å². The lowest BCUT2D eigenvalue weighted by atomic mass is 9.99. The maximum atomic E-state index is 13.2. The second-order valence-electron chi connectivity index (χ2n) is 12.0. The van der Waals surface area contributed by atoms with E-state index in [1.165, 1.54) is 13.2 Å². The van der Waals surface area contributed by atoms with Gasteiger partial charge in [-0.05, 0) is 67.2 Å². The minimum atomic E-state index is -1.27. The molecule has 0 atom stereocenters. The number of rotatable bonds is 8. The molecule has 51 heavy (non-hydrogen) atoms. The molecule has 1 fully saturated rings.